The molecule has 1 aliphatic rings. The summed E-state index contributed by atoms with van der Waals surface area (Å²) < 4.78 is 6.75. The van der Waals surface area contributed by atoms with Crippen LogP contribution in [0.2, 0.25) is 5.02 Å². The molecule has 0 aliphatic carbocycles. The molecule has 0 atom stereocenters. The molecule has 172 valence electrons. The number of nitrogens with zero attached hydrogens (tertiary/aromatic N) is 1. The van der Waals surface area contributed by atoms with Crippen molar-refractivity contribution in [3.05, 3.63) is 98.0 Å². The van der Waals surface area contributed by atoms with Crippen LogP contribution in [0.5, 0.6) is 5.75 Å². The molecule has 0 aromatic heterocycles. The van der Waals surface area contributed by atoms with Crippen LogP contribution >= 0.6 is 27.5 Å². The first-order valence-electron chi connectivity index (χ1n) is 10.4. The van der Waals surface area contributed by atoms with E-state index < -0.39 is 17.8 Å². The summed E-state index contributed by atoms with van der Waals surface area (Å²) in [7, 11) is 0. The fourth-order valence-electron chi connectivity index (χ4n) is 3.42. The predicted molar refractivity (Wildman–Crippen MR) is 135 cm³/mol. The zero-order chi connectivity index (χ0) is 24.4. The number of urea groups is 1. The summed E-state index contributed by atoms with van der Waals surface area (Å²) >= 11 is 9.87. The van der Waals surface area contributed by atoms with Gasteiger partial charge in [-0.1, -0.05) is 57.9 Å². The van der Waals surface area contributed by atoms with Gasteiger partial charge in [0.2, 0.25) is 0 Å². The second-order valence-electron chi connectivity index (χ2n) is 7.80. The zero-order valence-electron chi connectivity index (χ0n) is 18.4. The van der Waals surface area contributed by atoms with Gasteiger partial charge >= 0.3 is 6.03 Å². The minimum atomic E-state index is -0.788. The third kappa shape index (κ3) is 4.90. The van der Waals surface area contributed by atoms with Crippen molar-refractivity contribution in [3.8, 4) is 5.75 Å². The second kappa shape index (κ2) is 9.83. The number of ether oxygens (including phenoxy) is 1. The van der Waals surface area contributed by atoms with Gasteiger partial charge in [0.1, 0.15) is 17.9 Å². The lowest BCUT2D eigenvalue weighted by Gasteiger charge is -2.26. The van der Waals surface area contributed by atoms with Crippen LogP contribution in [0.3, 0.4) is 0 Å². The smallest absolute Gasteiger partial charge is 0.335 e. The molecule has 0 unspecified atom stereocenters. The molecule has 1 N–H and O–H groups in total. The van der Waals surface area contributed by atoms with E-state index in [0.29, 0.717) is 28.6 Å². The van der Waals surface area contributed by atoms with Crippen LogP contribution in [0, 0.1) is 13.8 Å². The Morgan fingerprint density at radius 1 is 1.00 bits per heavy atom. The van der Waals surface area contributed by atoms with Gasteiger partial charge in [-0.05, 0) is 66.9 Å². The Hall–Kier alpha value is -3.42. The van der Waals surface area contributed by atoms with Gasteiger partial charge in [-0.3, -0.25) is 14.9 Å². The molecular weight excluding hydrogens is 520 g/mol. The van der Waals surface area contributed by atoms with Gasteiger partial charge < -0.3 is 4.74 Å². The van der Waals surface area contributed by atoms with Crippen LogP contribution in [0.1, 0.15) is 22.3 Å². The zero-order valence-corrected chi connectivity index (χ0v) is 20.7. The van der Waals surface area contributed by atoms with Crippen molar-refractivity contribution in [2.75, 3.05) is 4.90 Å². The third-order valence-corrected chi connectivity index (χ3v) is 6.53. The Morgan fingerprint density at radius 2 is 1.76 bits per heavy atom. The van der Waals surface area contributed by atoms with E-state index in [-0.39, 0.29) is 5.57 Å². The average Bonchev–Trinajstić information content (AvgIpc) is 2.79. The van der Waals surface area contributed by atoms with E-state index in [1.807, 2.05) is 44.2 Å². The molecule has 1 aliphatic heterocycles. The fraction of sp³-hybridized carbons (Fsp3) is 0.115. The van der Waals surface area contributed by atoms with Crippen LogP contribution in [0.4, 0.5) is 10.5 Å². The molecule has 4 amide bonds. The number of amides is 4. The Morgan fingerprint density at radius 3 is 2.47 bits per heavy atom. The lowest BCUT2D eigenvalue weighted by Crippen LogP contribution is -2.54. The molecule has 1 fully saturated rings. The average molecular weight is 540 g/mol. The second-order valence-corrected chi connectivity index (χ2v) is 9.06. The summed E-state index contributed by atoms with van der Waals surface area (Å²) in [4.78, 5) is 38.9. The number of benzene rings is 3. The van der Waals surface area contributed by atoms with Gasteiger partial charge in [0.25, 0.3) is 11.8 Å². The van der Waals surface area contributed by atoms with Crippen molar-refractivity contribution >= 4 is 57.1 Å². The highest BCUT2D eigenvalue weighted by molar-refractivity contribution is 9.10. The quantitative estimate of drug-likeness (QED) is 0.320. The summed E-state index contributed by atoms with van der Waals surface area (Å²) in [5.74, 6) is -1.01. The van der Waals surface area contributed by atoms with Gasteiger partial charge in [0, 0.05) is 10.0 Å². The predicted octanol–water partition coefficient (Wildman–Crippen LogP) is 5.96. The molecule has 0 radical (unpaired) electrons. The van der Waals surface area contributed by atoms with E-state index in [4.69, 9.17) is 16.3 Å². The minimum Gasteiger partial charge on any atom is -0.487 e. The minimum absolute atomic E-state index is 0.171. The first-order valence-corrected chi connectivity index (χ1v) is 11.6. The Balaban J connectivity index is 1.58. The number of barbiturate groups is 1. The van der Waals surface area contributed by atoms with E-state index >= 15 is 0 Å². The summed E-state index contributed by atoms with van der Waals surface area (Å²) in [6.07, 6.45) is 1.40. The highest BCUT2D eigenvalue weighted by Gasteiger charge is 2.36. The van der Waals surface area contributed by atoms with Crippen molar-refractivity contribution < 1.29 is 19.1 Å². The van der Waals surface area contributed by atoms with Crippen LogP contribution in [-0.2, 0) is 16.2 Å². The maximum atomic E-state index is 13.1. The maximum absolute atomic E-state index is 13.1. The molecule has 1 heterocycles. The lowest BCUT2D eigenvalue weighted by molar-refractivity contribution is -0.122. The normalized spacial score (nSPS) is 15.0. The number of anilines is 1. The van der Waals surface area contributed by atoms with Crippen LogP contribution < -0.4 is 15.0 Å². The number of carbonyl (C=O) groups excluding carboxylic acids is 3. The number of aryl methyl sites for hydroxylation is 2. The Kier molecular flexibility index (Phi) is 6.86. The number of halogens is 2. The number of hydrogen-bond acceptors (Lipinski definition) is 4. The van der Waals surface area contributed by atoms with Gasteiger partial charge in [0.05, 0.1) is 10.7 Å². The van der Waals surface area contributed by atoms with E-state index in [9.17, 15) is 14.4 Å². The molecule has 8 heteroatoms. The SMILES string of the molecule is Cc1ccc(N2C(=O)NC(=O)/C(=C\c3ccc(OCc4ccccc4Br)c(Cl)c3)C2=O)cc1C. The van der Waals surface area contributed by atoms with Crippen LogP contribution in [0.25, 0.3) is 6.08 Å². The highest BCUT2D eigenvalue weighted by atomic mass is 79.9. The third-order valence-electron chi connectivity index (χ3n) is 5.46. The molecule has 1 saturated heterocycles. The van der Waals surface area contributed by atoms with E-state index in [1.54, 1.807) is 30.3 Å². The van der Waals surface area contributed by atoms with E-state index in [0.717, 1.165) is 26.1 Å². The summed E-state index contributed by atoms with van der Waals surface area (Å²) in [6, 6.07) is 17.1. The van der Waals surface area contributed by atoms with Crippen molar-refractivity contribution in [2.24, 2.45) is 0 Å². The summed E-state index contributed by atoms with van der Waals surface area (Å²) in [5.41, 5.74) is 3.65. The molecule has 0 spiro atoms. The molecular formula is C26H20BrClN2O4. The number of rotatable bonds is 5. The summed E-state index contributed by atoms with van der Waals surface area (Å²) in [5, 5.41) is 2.56. The lowest BCUT2D eigenvalue weighted by atomic mass is 10.0. The molecule has 3 aromatic carbocycles. The highest BCUT2D eigenvalue weighted by Crippen LogP contribution is 2.29. The Bertz CT molecular complexity index is 1350. The first kappa shape index (κ1) is 23.7. The summed E-state index contributed by atoms with van der Waals surface area (Å²) in [6.45, 7) is 4.13. The standard InChI is InChI=1S/C26H20BrClN2O4/c1-15-7-9-19(11-16(15)2)30-25(32)20(24(31)29-26(30)33)12-17-8-10-23(22(28)13-17)34-14-18-5-3-4-6-21(18)27/h3-13H,14H2,1-2H3,(H,29,31,33)/b20-12+. The topological polar surface area (TPSA) is 75.7 Å². The molecule has 0 bridgehead atoms. The number of imide groups is 2. The molecule has 4 rings (SSSR count). The number of carbonyl (C=O) groups is 3. The fourth-order valence-corrected chi connectivity index (χ4v) is 4.06. The van der Waals surface area contributed by atoms with Crippen molar-refractivity contribution in [3.63, 3.8) is 0 Å². The maximum Gasteiger partial charge on any atom is 0.335 e. The Labute approximate surface area is 210 Å². The van der Waals surface area contributed by atoms with Crippen LogP contribution in [-0.4, -0.2) is 17.8 Å². The van der Waals surface area contributed by atoms with Crippen molar-refractivity contribution in [1.29, 1.82) is 0 Å². The largest absolute Gasteiger partial charge is 0.487 e. The van der Waals surface area contributed by atoms with Gasteiger partial charge in [-0.15, -0.1) is 0 Å². The monoisotopic (exact) mass is 538 g/mol. The molecule has 34 heavy (non-hydrogen) atoms. The molecule has 3 aromatic rings. The van der Waals surface area contributed by atoms with Gasteiger partial charge in [0.15, 0.2) is 0 Å². The van der Waals surface area contributed by atoms with Crippen molar-refractivity contribution in [1.82, 2.24) is 5.32 Å². The first-order chi connectivity index (χ1) is 16.2. The number of hydrogen-bond donors (Lipinski definition) is 1. The molecule has 6 nitrogen and oxygen atoms in total. The van der Waals surface area contributed by atoms with Crippen LogP contribution in [0.15, 0.2) is 70.7 Å². The van der Waals surface area contributed by atoms with E-state index in [2.05, 4.69) is 21.2 Å². The van der Waals surface area contributed by atoms with E-state index in [1.165, 1.54) is 6.08 Å². The van der Waals surface area contributed by atoms with Gasteiger partial charge in [-0.25, -0.2) is 9.69 Å². The molecule has 0 saturated carbocycles. The van der Waals surface area contributed by atoms with Crippen molar-refractivity contribution in [2.45, 2.75) is 20.5 Å². The van der Waals surface area contributed by atoms with Gasteiger partial charge in [-0.2, -0.15) is 0 Å². The number of nitrogens with one attached hydrogen (secondary N) is 1.